The van der Waals surface area contributed by atoms with Crippen molar-refractivity contribution in [3.8, 4) is 22.6 Å². The average molecular weight is 326 g/mol. The van der Waals surface area contributed by atoms with Crippen molar-refractivity contribution in [2.24, 2.45) is 0 Å². The number of ether oxygens (including phenoxy) is 2. The Balaban J connectivity index is 2.62. The number of benzene rings is 2. The minimum absolute atomic E-state index is 0.0799. The molecule has 0 bridgehead atoms. The third-order valence-corrected chi connectivity index (χ3v) is 3.23. The molecule has 0 saturated heterocycles. The number of halogens is 3. The number of carbonyl (C=O) groups is 1. The standard InChI is InChI=1S/C16H13F3O4/c1-22-12-6-10(5-11(7-12)15(20)21)9-3-4-14(23-2)13(8-9)16(17,18)19/h3-8H,1-2H3,(H,20,21). The first-order valence-corrected chi connectivity index (χ1v) is 6.44. The van der Waals surface area contributed by atoms with Crippen LogP contribution in [0.4, 0.5) is 13.2 Å². The Morgan fingerprint density at radius 1 is 1.00 bits per heavy atom. The van der Waals surface area contributed by atoms with E-state index in [1.165, 1.54) is 37.4 Å². The normalized spacial score (nSPS) is 11.2. The fourth-order valence-electron chi connectivity index (χ4n) is 2.12. The zero-order valence-corrected chi connectivity index (χ0v) is 12.3. The molecule has 2 aromatic carbocycles. The number of carboxylic acids is 1. The predicted molar refractivity (Wildman–Crippen MR) is 76.9 cm³/mol. The number of hydrogen-bond acceptors (Lipinski definition) is 3. The fraction of sp³-hybridized carbons (Fsp3) is 0.188. The van der Waals surface area contributed by atoms with Crippen molar-refractivity contribution >= 4 is 5.97 Å². The van der Waals surface area contributed by atoms with Gasteiger partial charge in [-0.3, -0.25) is 0 Å². The van der Waals surface area contributed by atoms with E-state index in [2.05, 4.69) is 0 Å². The van der Waals surface area contributed by atoms with E-state index < -0.39 is 17.7 Å². The van der Waals surface area contributed by atoms with Crippen LogP contribution in [0.2, 0.25) is 0 Å². The molecule has 0 heterocycles. The van der Waals surface area contributed by atoms with E-state index in [1.54, 1.807) is 0 Å². The Morgan fingerprint density at radius 2 is 1.70 bits per heavy atom. The van der Waals surface area contributed by atoms with E-state index in [4.69, 9.17) is 14.6 Å². The van der Waals surface area contributed by atoms with Crippen molar-refractivity contribution < 1.29 is 32.5 Å². The van der Waals surface area contributed by atoms with Gasteiger partial charge in [-0.1, -0.05) is 6.07 Å². The lowest BCUT2D eigenvalue weighted by atomic mass is 9.99. The van der Waals surface area contributed by atoms with Crippen LogP contribution in [0, 0.1) is 0 Å². The molecule has 4 nitrogen and oxygen atoms in total. The first kappa shape index (κ1) is 16.7. The highest BCUT2D eigenvalue weighted by Gasteiger charge is 2.34. The molecule has 0 amide bonds. The van der Waals surface area contributed by atoms with Crippen molar-refractivity contribution in [3.63, 3.8) is 0 Å². The summed E-state index contributed by atoms with van der Waals surface area (Å²) in [4.78, 5) is 11.1. The molecule has 0 aliphatic heterocycles. The van der Waals surface area contributed by atoms with Crippen molar-refractivity contribution in [2.75, 3.05) is 14.2 Å². The van der Waals surface area contributed by atoms with Crippen molar-refractivity contribution in [1.29, 1.82) is 0 Å². The highest BCUT2D eigenvalue weighted by molar-refractivity contribution is 5.90. The topological polar surface area (TPSA) is 55.8 Å². The predicted octanol–water partition coefficient (Wildman–Crippen LogP) is 4.09. The molecule has 7 heteroatoms. The average Bonchev–Trinajstić information content (AvgIpc) is 2.52. The summed E-state index contributed by atoms with van der Waals surface area (Å²) in [5.41, 5.74) is -0.504. The first-order valence-electron chi connectivity index (χ1n) is 6.44. The maximum atomic E-state index is 13.1. The molecule has 0 fully saturated rings. The Hall–Kier alpha value is -2.70. The molecule has 23 heavy (non-hydrogen) atoms. The second-order valence-corrected chi connectivity index (χ2v) is 4.67. The summed E-state index contributed by atoms with van der Waals surface area (Å²) in [6, 6.07) is 7.58. The zero-order chi connectivity index (χ0) is 17.2. The Kier molecular flexibility index (Phi) is 4.49. The number of aromatic carboxylic acids is 1. The lowest BCUT2D eigenvalue weighted by molar-refractivity contribution is -0.138. The second kappa shape index (κ2) is 6.20. The molecule has 0 aromatic heterocycles. The second-order valence-electron chi connectivity index (χ2n) is 4.67. The van der Waals surface area contributed by atoms with Crippen LogP contribution >= 0.6 is 0 Å². The smallest absolute Gasteiger partial charge is 0.419 e. The van der Waals surface area contributed by atoms with Gasteiger partial charge in [0.15, 0.2) is 0 Å². The molecule has 0 saturated carbocycles. The van der Waals surface area contributed by atoms with Crippen LogP contribution in [0.3, 0.4) is 0 Å². The highest BCUT2D eigenvalue weighted by Crippen LogP contribution is 2.39. The van der Waals surface area contributed by atoms with Gasteiger partial charge in [-0.25, -0.2) is 4.79 Å². The Morgan fingerprint density at radius 3 is 2.22 bits per heavy atom. The monoisotopic (exact) mass is 326 g/mol. The van der Waals surface area contributed by atoms with E-state index in [-0.39, 0.29) is 22.6 Å². The van der Waals surface area contributed by atoms with E-state index in [0.717, 1.165) is 13.2 Å². The summed E-state index contributed by atoms with van der Waals surface area (Å²) in [6.07, 6.45) is -4.59. The molecule has 0 atom stereocenters. The van der Waals surface area contributed by atoms with E-state index in [1.807, 2.05) is 0 Å². The SMILES string of the molecule is COc1cc(C(=O)O)cc(-c2ccc(OC)c(C(F)(F)F)c2)c1. The molecular weight excluding hydrogens is 313 g/mol. The largest absolute Gasteiger partial charge is 0.497 e. The summed E-state index contributed by atoms with van der Waals surface area (Å²) in [5, 5.41) is 9.09. The molecule has 1 N–H and O–H groups in total. The maximum absolute atomic E-state index is 13.1. The summed E-state index contributed by atoms with van der Waals surface area (Å²) in [6.45, 7) is 0. The molecule has 0 spiro atoms. The molecular formula is C16H13F3O4. The third kappa shape index (κ3) is 3.56. The van der Waals surface area contributed by atoms with Crippen LogP contribution < -0.4 is 9.47 Å². The van der Waals surface area contributed by atoms with Crippen LogP contribution in [0.5, 0.6) is 11.5 Å². The minimum Gasteiger partial charge on any atom is -0.497 e. The number of hydrogen-bond donors (Lipinski definition) is 1. The van der Waals surface area contributed by atoms with E-state index in [9.17, 15) is 18.0 Å². The summed E-state index contributed by atoms with van der Waals surface area (Å²) in [5.74, 6) is -1.26. The molecule has 2 aromatic rings. The number of carboxylic acid groups (broad SMARTS) is 1. The molecule has 0 aliphatic rings. The van der Waals surface area contributed by atoms with Crippen LogP contribution in [-0.2, 0) is 6.18 Å². The summed E-state index contributed by atoms with van der Waals surface area (Å²) >= 11 is 0. The van der Waals surface area contributed by atoms with Crippen LogP contribution in [0.15, 0.2) is 36.4 Å². The molecule has 0 radical (unpaired) electrons. The van der Waals surface area contributed by atoms with Crippen LogP contribution in [0.1, 0.15) is 15.9 Å². The van der Waals surface area contributed by atoms with Gasteiger partial charge in [-0.15, -0.1) is 0 Å². The number of methoxy groups -OCH3 is 2. The summed E-state index contributed by atoms with van der Waals surface area (Å²) in [7, 11) is 2.50. The van der Waals surface area contributed by atoms with Crippen LogP contribution in [-0.4, -0.2) is 25.3 Å². The Labute approximate surface area is 130 Å². The van der Waals surface area contributed by atoms with Gasteiger partial charge >= 0.3 is 12.1 Å². The Bertz CT molecular complexity index is 739. The lowest BCUT2D eigenvalue weighted by Gasteiger charge is -2.14. The maximum Gasteiger partial charge on any atom is 0.419 e. The summed E-state index contributed by atoms with van der Waals surface area (Å²) < 4.78 is 49.0. The fourth-order valence-corrected chi connectivity index (χ4v) is 2.12. The van der Waals surface area contributed by atoms with Gasteiger partial charge in [0.2, 0.25) is 0 Å². The van der Waals surface area contributed by atoms with Crippen molar-refractivity contribution in [1.82, 2.24) is 0 Å². The minimum atomic E-state index is -4.59. The first-order chi connectivity index (χ1) is 10.8. The van der Waals surface area contributed by atoms with Gasteiger partial charge in [0.05, 0.1) is 25.3 Å². The van der Waals surface area contributed by atoms with Gasteiger partial charge in [-0.05, 0) is 41.5 Å². The molecule has 0 unspecified atom stereocenters. The third-order valence-electron chi connectivity index (χ3n) is 3.23. The molecule has 0 aliphatic carbocycles. The van der Waals surface area contributed by atoms with E-state index >= 15 is 0 Å². The van der Waals surface area contributed by atoms with Gasteiger partial charge in [-0.2, -0.15) is 13.2 Å². The lowest BCUT2D eigenvalue weighted by Crippen LogP contribution is -2.07. The van der Waals surface area contributed by atoms with E-state index in [0.29, 0.717) is 5.56 Å². The molecule has 2 rings (SSSR count). The van der Waals surface area contributed by atoms with Gasteiger partial charge in [0, 0.05) is 0 Å². The van der Waals surface area contributed by atoms with Crippen LogP contribution in [0.25, 0.3) is 11.1 Å². The number of rotatable bonds is 4. The van der Waals surface area contributed by atoms with Crippen molar-refractivity contribution in [2.45, 2.75) is 6.18 Å². The zero-order valence-electron chi connectivity index (χ0n) is 12.3. The van der Waals surface area contributed by atoms with Gasteiger partial charge in [0.1, 0.15) is 11.5 Å². The number of alkyl halides is 3. The van der Waals surface area contributed by atoms with Gasteiger partial charge < -0.3 is 14.6 Å². The molecule has 122 valence electrons. The highest BCUT2D eigenvalue weighted by atomic mass is 19.4. The van der Waals surface area contributed by atoms with Crippen molar-refractivity contribution in [3.05, 3.63) is 47.5 Å². The van der Waals surface area contributed by atoms with Gasteiger partial charge in [0.25, 0.3) is 0 Å². The quantitative estimate of drug-likeness (QED) is 0.919.